The van der Waals surface area contributed by atoms with Gasteiger partial charge >= 0.3 is 0 Å². The summed E-state index contributed by atoms with van der Waals surface area (Å²) in [6.07, 6.45) is 11.9. The molecule has 0 bridgehead atoms. The maximum absolute atomic E-state index is 4.65. The number of rotatable bonds is 4. The van der Waals surface area contributed by atoms with Gasteiger partial charge in [0.15, 0.2) is 0 Å². The van der Waals surface area contributed by atoms with Crippen molar-refractivity contribution in [2.75, 3.05) is 31.6 Å². The van der Waals surface area contributed by atoms with Gasteiger partial charge in [-0.1, -0.05) is 6.42 Å². The van der Waals surface area contributed by atoms with E-state index in [2.05, 4.69) is 20.2 Å². The highest BCUT2D eigenvalue weighted by molar-refractivity contribution is 5.49. The van der Waals surface area contributed by atoms with Crippen LogP contribution in [-0.4, -0.2) is 36.6 Å². The van der Waals surface area contributed by atoms with Gasteiger partial charge in [0.1, 0.15) is 12.1 Å². The molecule has 1 N–H and O–H groups in total. The fourth-order valence-corrected chi connectivity index (χ4v) is 3.74. The van der Waals surface area contributed by atoms with Crippen LogP contribution in [0, 0.1) is 5.92 Å². The van der Waals surface area contributed by atoms with Gasteiger partial charge in [-0.15, -0.1) is 0 Å². The lowest BCUT2D eigenvalue weighted by Gasteiger charge is -2.34. The molecule has 2 heterocycles. The molecule has 1 aliphatic carbocycles. The molecule has 0 atom stereocenters. The van der Waals surface area contributed by atoms with E-state index in [-0.39, 0.29) is 0 Å². The third kappa shape index (κ3) is 3.54. The molecular weight excluding hydrogens is 260 g/mol. The standard InChI is InChI=1S/C17H28N4/c1-18-10-7-14-8-11-21(12-9-14)17-15-5-3-2-4-6-16(15)19-13-20-17/h13-14,18H,2-12H2,1H3. The van der Waals surface area contributed by atoms with Gasteiger partial charge in [-0.2, -0.15) is 0 Å². The molecule has 116 valence electrons. The molecule has 1 saturated heterocycles. The molecule has 0 amide bonds. The first-order valence-corrected chi connectivity index (χ1v) is 8.61. The summed E-state index contributed by atoms with van der Waals surface area (Å²) in [5.41, 5.74) is 2.76. The van der Waals surface area contributed by atoms with E-state index in [1.807, 2.05) is 7.05 Å². The van der Waals surface area contributed by atoms with Crippen LogP contribution in [0.4, 0.5) is 5.82 Å². The van der Waals surface area contributed by atoms with Crippen molar-refractivity contribution < 1.29 is 0 Å². The number of piperidine rings is 1. The van der Waals surface area contributed by atoms with Crippen LogP contribution in [0.25, 0.3) is 0 Å². The molecule has 1 aromatic heterocycles. The lowest BCUT2D eigenvalue weighted by Crippen LogP contribution is -2.36. The van der Waals surface area contributed by atoms with Gasteiger partial charge in [0.2, 0.25) is 0 Å². The Morgan fingerprint density at radius 3 is 2.76 bits per heavy atom. The summed E-state index contributed by atoms with van der Waals surface area (Å²) < 4.78 is 0. The predicted molar refractivity (Wildman–Crippen MR) is 86.8 cm³/mol. The number of anilines is 1. The molecule has 3 rings (SSSR count). The zero-order valence-electron chi connectivity index (χ0n) is 13.3. The van der Waals surface area contributed by atoms with Gasteiger partial charge in [0.05, 0.1) is 0 Å². The molecular formula is C17H28N4. The van der Waals surface area contributed by atoms with Crippen molar-refractivity contribution in [1.29, 1.82) is 0 Å². The van der Waals surface area contributed by atoms with Crippen LogP contribution < -0.4 is 10.2 Å². The first-order valence-electron chi connectivity index (χ1n) is 8.61. The zero-order valence-corrected chi connectivity index (χ0v) is 13.3. The summed E-state index contributed by atoms with van der Waals surface area (Å²) in [5.74, 6) is 2.13. The van der Waals surface area contributed by atoms with E-state index in [0.717, 1.165) is 32.0 Å². The van der Waals surface area contributed by atoms with Crippen LogP contribution in [0.1, 0.15) is 49.8 Å². The fraction of sp³-hybridized carbons (Fsp3) is 0.765. The van der Waals surface area contributed by atoms with E-state index in [9.17, 15) is 0 Å². The third-order valence-electron chi connectivity index (χ3n) is 5.07. The van der Waals surface area contributed by atoms with E-state index in [1.165, 1.54) is 62.0 Å². The van der Waals surface area contributed by atoms with Crippen LogP contribution in [0.2, 0.25) is 0 Å². The van der Waals surface area contributed by atoms with Crippen molar-refractivity contribution in [1.82, 2.24) is 15.3 Å². The molecule has 0 unspecified atom stereocenters. The van der Waals surface area contributed by atoms with E-state index >= 15 is 0 Å². The third-order valence-corrected chi connectivity index (χ3v) is 5.07. The monoisotopic (exact) mass is 288 g/mol. The van der Waals surface area contributed by atoms with Gasteiger partial charge in [-0.05, 0) is 64.5 Å². The fourth-order valence-electron chi connectivity index (χ4n) is 3.74. The lowest BCUT2D eigenvalue weighted by atomic mass is 9.93. The van der Waals surface area contributed by atoms with Gasteiger partial charge < -0.3 is 10.2 Å². The summed E-state index contributed by atoms with van der Waals surface area (Å²) in [5, 5.41) is 3.27. The van der Waals surface area contributed by atoms with Crippen molar-refractivity contribution in [3.8, 4) is 0 Å². The van der Waals surface area contributed by atoms with Crippen LogP contribution in [-0.2, 0) is 12.8 Å². The number of hydrogen-bond donors (Lipinski definition) is 1. The van der Waals surface area contributed by atoms with Gasteiger partial charge in [-0.25, -0.2) is 9.97 Å². The Morgan fingerprint density at radius 2 is 1.95 bits per heavy atom. The van der Waals surface area contributed by atoms with Crippen LogP contribution >= 0.6 is 0 Å². The maximum Gasteiger partial charge on any atom is 0.135 e. The van der Waals surface area contributed by atoms with Gasteiger partial charge in [0, 0.05) is 24.3 Å². The van der Waals surface area contributed by atoms with E-state index in [0.29, 0.717) is 0 Å². The zero-order chi connectivity index (χ0) is 14.5. The Kier molecular flexibility index (Phi) is 5.07. The largest absolute Gasteiger partial charge is 0.356 e. The second kappa shape index (κ2) is 7.21. The van der Waals surface area contributed by atoms with Crippen LogP contribution in [0.15, 0.2) is 6.33 Å². The Hall–Kier alpha value is -1.16. The van der Waals surface area contributed by atoms with Crippen LogP contribution in [0.3, 0.4) is 0 Å². The average molecular weight is 288 g/mol. The highest BCUT2D eigenvalue weighted by Crippen LogP contribution is 2.30. The first kappa shape index (κ1) is 14.8. The number of nitrogens with one attached hydrogen (secondary N) is 1. The van der Waals surface area contributed by atoms with Gasteiger partial charge in [-0.3, -0.25) is 0 Å². The summed E-state index contributed by atoms with van der Waals surface area (Å²) in [6.45, 7) is 3.48. The number of nitrogens with zero attached hydrogens (tertiary/aromatic N) is 3. The minimum Gasteiger partial charge on any atom is -0.356 e. The summed E-state index contributed by atoms with van der Waals surface area (Å²) >= 11 is 0. The van der Waals surface area contributed by atoms with Crippen molar-refractivity contribution >= 4 is 5.82 Å². The second-order valence-electron chi connectivity index (χ2n) is 6.51. The second-order valence-corrected chi connectivity index (χ2v) is 6.51. The Morgan fingerprint density at radius 1 is 1.14 bits per heavy atom. The number of fused-ring (bicyclic) bond motifs is 1. The number of hydrogen-bond acceptors (Lipinski definition) is 4. The molecule has 1 aromatic rings. The topological polar surface area (TPSA) is 41.0 Å². The molecule has 1 fully saturated rings. The number of aromatic nitrogens is 2. The van der Waals surface area contributed by atoms with Crippen molar-refractivity contribution in [2.24, 2.45) is 5.92 Å². The minimum atomic E-state index is 0.883. The number of aryl methyl sites for hydroxylation is 1. The molecule has 0 aromatic carbocycles. The Balaban J connectivity index is 1.68. The lowest BCUT2D eigenvalue weighted by molar-refractivity contribution is 0.376. The summed E-state index contributed by atoms with van der Waals surface area (Å²) in [4.78, 5) is 11.7. The van der Waals surface area contributed by atoms with Crippen molar-refractivity contribution in [3.05, 3.63) is 17.6 Å². The molecule has 0 radical (unpaired) electrons. The smallest absolute Gasteiger partial charge is 0.135 e. The minimum absolute atomic E-state index is 0.883. The van der Waals surface area contributed by atoms with Gasteiger partial charge in [0.25, 0.3) is 0 Å². The summed E-state index contributed by atoms with van der Waals surface area (Å²) in [7, 11) is 2.05. The Labute approximate surface area is 128 Å². The normalized spacial score (nSPS) is 20.1. The highest BCUT2D eigenvalue weighted by Gasteiger charge is 2.23. The van der Waals surface area contributed by atoms with E-state index < -0.39 is 0 Å². The molecule has 2 aliphatic rings. The van der Waals surface area contributed by atoms with Crippen molar-refractivity contribution in [2.45, 2.75) is 51.4 Å². The molecule has 21 heavy (non-hydrogen) atoms. The summed E-state index contributed by atoms with van der Waals surface area (Å²) in [6, 6.07) is 0. The first-order chi connectivity index (χ1) is 10.4. The molecule has 0 saturated carbocycles. The molecule has 4 nitrogen and oxygen atoms in total. The highest BCUT2D eigenvalue weighted by atomic mass is 15.2. The average Bonchev–Trinajstić information content (AvgIpc) is 2.78. The molecule has 0 spiro atoms. The molecule has 4 heteroatoms. The quantitative estimate of drug-likeness (QED) is 0.865. The maximum atomic E-state index is 4.65. The predicted octanol–water partition coefficient (Wildman–Crippen LogP) is 2.57. The van der Waals surface area contributed by atoms with Crippen LogP contribution in [0.5, 0.6) is 0 Å². The van der Waals surface area contributed by atoms with E-state index in [1.54, 1.807) is 6.33 Å². The SMILES string of the molecule is CNCCC1CCN(c2ncnc3c2CCCCC3)CC1. The van der Waals surface area contributed by atoms with Crippen molar-refractivity contribution in [3.63, 3.8) is 0 Å². The van der Waals surface area contributed by atoms with E-state index in [4.69, 9.17) is 0 Å². The Bertz CT molecular complexity index is 452. The molecule has 1 aliphatic heterocycles.